The monoisotopic (exact) mass is 538 g/mol. The summed E-state index contributed by atoms with van der Waals surface area (Å²) >= 11 is 6.07. The van der Waals surface area contributed by atoms with Crippen LogP contribution in [-0.2, 0) is 0 Å². The van der Waals surface area contributed by atoms with Crippen LogP contribution in [0.1, 0.15) is 50.4 Å². The van der Waals surface area contributed by atoms with Gasteiger partial charge in [0.15, 0.2) is 0 Å². The summed E-state index contributed by atoms with van der Waals surface area (Å²) in [7, 11) is 4.09. The zero-order chi connectivity index (χ0) is 28.4. The molecule has 3 aromatic rings. The van der Waals surface area contributed by atoms with Gasteiger partial charge in [-0.05, 0) is 91.6 Å². The molecule has 2 N–H and O–H groups in total. The summed E-state index contributed by atoms with van der Waals surface area (Å²) in [6, 6.07) is 18.5. The van der Waals surface area contributed by atoms with Crippen LogP contribution in [0, 0.1) is 0 Å². The molecule has 0 saturated carbocycles. The molecule has 1 heterocycles. The summed E-state index contributed by atoms with van der Waals surface area (Å²) in [5.74, 6) is 0. The Morgan fingerprint density at radius 1 is 0.923 bits per heavy atom. The summed E-state index contributed by atoms with van der Waals surface area (Å²) in [6.07, 6.45) is 15.8. The smallest absolute Gasteiger partial charge is 0.0706 e. The number of rotatable bonds is 11. The number of anilines is 3. The van der Waals surface area contributed by atoms with Gasteiger partial charge in [0.05, 0.1) is 17.6 Å². The van der Waals surface area contributed by atoms with Crippen LogP contribution in [0.5, 0.6) is 0 Å². The van der Waals surface area contributed by atoms with Crippen molar-refractivity contribution < 1.29 is 0 Å². The predicted molar refractivity (Wildman–Crippen MR) is 172 cm³/mol. The van der Waals surface area contributed by atoms with Crippen LogP contribution < -0.4 is 15.5 Å². The highest BCUT2D eigenvalue weighted by Crippen LogP contribution is 2.32. The Morgan fingerprint density at radius 3 is 2.18 bits per heavy atom. The first-order valence-electron chi connectivity index (χ1n) is 13.3. The van der Waals surface area contributed by atoms with Crippen LogP contribution >= 0.6 is 11.6 Å². The molecule has 39 heavy (non-hydrogen) atoms. The van der Waals surface area contributed by atoms with E-state index in [-0.39, 0.29) is 0 Å². The molecule has 0 aliphatic heterocycles. The number of hydrogen-bond acceptors (Lipinski definition) is 4. The van der Waals surface area contributed by atoms with E-state index in [0.717, 1.165) is 68.7 Å². The van der Waals surface area contributed by atoms with E-state index in [2.05, 4.69) is 85.8 Å². The zero-order valence-electron chi connectivity index (χ0n) is 23.7. The Hall–Kier alpha value is -4.02. The summed E-state index contributed by atoms with van der Waals surface area (Å²) in [6.45, 7) is 10.1. The van der Waals surface area contributed by atoms with Crippen molar-refractivity contribution >= 4 is 39.9 Å². The third-order valence-corrected chi connectivity index (χ3v) is 6.74. The van der Waals surface area contributed by atoms with Gasteiger partial charge in [0.2, 0.25) is 0 Å². The molecule has 0 radical (unpaired) electrons. The fraction of sp³-hybridized carbons (Fsp3) is 0.206. The van der Waals surface area contributed by atoms with Gasteiger partial charge in [-0.1, -0.05) is 62.4 Å². The fourth-order valence-electron chi connectivity index (χ4n) is 4.31. The molecule has 1 aromatic heterocycles. The minimum absolute atomic E-state index is 0.718. The Balaban J connectivity index is 2.07. The van der Waals surface area contributed by atoms with E-state index in [4.69, 9.17) is 22.3 Å². The number of halogens is 1. The standard InChI is InChI=1S/C34H39ClN4/c1-7-11-14-28(10-4)38(5)31-22-25(21-26(23-31)33(36)13-9-3)32(12-8-2)34-20-19-30(24-37-34)39(6)29-17-15-27(35)16-18-29/h7,10-24H,1,8-9,36H2,2-6H3/b14-11-,28-10+,32-12+,33-13-. The molecule has 3 rings (SSSR count). The van der Waals surface area contributed by atoms with Gasteiger partial charge in [-0.2, -0.15) is 0 Å². The molecule has 0 amide bonds. The van der Waals surface area contributed by atoms with Crippen LogP contribution in [0.3, 0.4) is 0 Å². The number of allylic oxidation sites excluding steroid dienone is 6. The molecule has 0 bridgehead atoms. The molecular formula is C34H39ClN4. The van der Waals surface area contributed by atoms with Crippen molar-refractivity contribution in [2.45, 2.75) is 33.6 Å². The lowest BCUT2D eigenvalue weighted by Gasteiger charge is -2.23. The molecule has 0 aliphatic carbocycles. The summed E-state index contributed by atoms with van der Waals surface area (Å²) in [5.41, 5.74) is 15.5. The average Bonchev–Trinajstić information content (AvgIpc) is 2.96. The predicted octanol–water partition coefficient (Wildman–Crippen LogP) is 9.14. The van der Waals surface area contributed by atoms with Crippen LogP contribution in [0.4, 0.5) is 17.1 Å². The topological polar surface area (TPSA) is 45.4 Å². The van der Waals surface area contributed by atoms with Crippen molar-refractivity contribution in [3.8, 4) is 0 Å². The normalized spacial score (nSPS) is 12.6. The summed E-state index contributed by atoms with van der Waals surface area (Å²) in [4.78, 5) is 9.14. The minimum atomic E-state index is 0.718. The van der Waals surface area contributed by atoms with E-state index in [1.54, 1.807) is 6.08 Å². The lowest BCUT2D eigenvalue weighted by Crippen LogP contribution is -2.16. The van der Waals surface area contributed by atoms with Crippen LogP contribution in [-0.4, -0.2) is 19.1 Å². The van der Waals surface area contributed by atoms with Crippen LogP contribution in [0.2, 0.25) is 5.02 Å². The van der Waals surface area contributed by atoms with Crippen LogP contribution in [0.15, 0.2) is 110 Å². The molecule has 202 valence electrons. The maximum Gasteiger partial charge on any atom is 0.0706 e. The number of pyridine rings is 1. The second-order valence-electron chi connectivity index (χ2n) is 9.17. The van der Waals surface area contributed by atoms with Gasteiger partial charge in [-0.15, -0.1) is 0 Å². The molecule has 4 nitrogen and oxygen atoms in total. The third-order valence-electron chi connectivity index (χ3n) is 6.49. The summed E-state index contributed by atoms with van der Waals surface area (Å²) in [5, 5.41) is 0.718. The molecule has 0 aliphatic rings. The molecule has 0 spiro atoms. The SMILES string of the molecule is C=C/C=C\C(=C/C)N(C)c1cc(/C(N)=C/CC)cc(/C(=C\CC)c2ccc(N(C)c3ccc(Cl)cc3)cn2)c1. The van der Waals surface area contributed by atoms with Crippen molar-refractivity contribution in [3.63, 3.8) is 0 Å². The van der Waals surface area contributed by atoms with Crippen molar-refractivity contribution in [1.29, 1.82) is 0 Å². The van der Waals surface area contributed by atoms with Crippen molar-refractivity contribution in [2.75, 3.05) is 23.9 Å². The quantitative estimate of drug-likeness (QED) is 0.247. The highest BCUT2D eigenvalue weighted by atomic mass is 35.5. The first-order chi connectivity index (χ1) is 18.8. The van der Waals surface area contributed by atoms with E-state index in [1.807, 2.05) is 56.6 Å². The van der Waals surface area contributed by atoms with E-state index >= 15 is 0 Å². The Morgan fingerprint density at radius 2 is 1.59 bits per heavy atom. The largest absolute Gasteiger partial charge is 0.399 e. The Labute approximate surface area is 239 Å². The highest BCUT2D eigenvalue weighted by molar-refractivity contribution is 6.30. The number of likely N-dealkylation sites (N-methyl/N-ethyl adjacent to an activating group) is 1. The highest BCUT2D eigenvalue weighted by Gasteiger charge is 2.14. The number of nitrogens with two attached hydrogens (primary N) is 1. The van der Waals surface area contributed by atoms with Gasteiger partial charge in [0.25, 0.3) is 0 Å². The van der Waals surface area contributed by atoms with E-state index in [0.29, 0.717) is 0 Å². The van der Waals surface area contributed by atoms with Crippen molar-refractivity contribution in [1.82, 2.24) is 4.98 Å². The molecule has 0 saturated heterocycles. The lowest BCUT2D eigenvalue weighted by atomic mass is 9.96. The van der Waals surface area contributed by atoms with Crippen molar-refractivity contribution in [3.05, 3.63) is 131 Å². The van der Waals surface area contributed by atoms with E-state index in [1.165, 1.54) is 0 Å². The van der Waals surface area contributed by atoms with Gasteiger partial charge in [-0.3, -0.25) is 4.98 Å². The van der Waals surface area contributed by atoms with Crippen LogP contribution in [0.25, 0.3) is 11.3 Å². The number of aromatic nitrogens is 1. The van der Waals surface area contributed by atoms with E-state index < -0.39 is 0 Å². The Bertz CT molecular complexity index is 1380. The number of hydrogen-bond donors (Lipinski definition) is 1. The molecule has 0 unspecified atom stereocenters. The fourth-order valence-corrected chi connectivity index (χ4v) is 4.44. The van der Waals surface area contributed by atoms with Gasteiger partial charge in [0.1, 0.15) is 0 Å². The number of benzene rings is 2. The molecule has 5 heteroatoms. The first-order valence-corrected chi connectivity index (χ1v) is 13.7. The van der Waals surface area contributed by atoms with E-state index in [9.17, 15) is 0 Å². The molecule has 0 fully saturated rings. The average molecular weight is 539 g/mol. The van der Waals surface area contributed by atoms with Gasteiger partial charge in [0, 0.05) is 47.5 Å². The molecular weight excluding hydrogens is 500 g/mol. The summed E-state index contributed by atoms with van der Waals surface area (Å²) < 4.78 is 0. The maximum absolute atomic E-state index is 6.51. The van der Waals surface area contributed by atoms with Crippen molar-refractivity contribution in [2.24, 2.45) is 5.73 Å². The first kappa shape index (κ1) is 29.5. The second kappa shape index (κ2) is 14.2. The Kier molecular flexibility index (Phi) is 10.8. The lowest BCUT2D eigenvalue weighted by molar-refractivity contribution is 1.12. The van der Waals surface area contributed by atoms with Gasteiger partial charge < -0.3 is 15.5 Å². The minimum Gasteiger partial charge on any atom is -0.399 e. The molecule has 0 atom stereocenters. The zero-order valence-corrected chi connectivity index (χ0v) is 24.4. The second-order valence-corrected chi connectivity index (χ2v) is 9.60. The molecule has 2 aromatic carbocycles. The van der Waals surface area contributed by atoms with Gasteiger partial charge >= 0.3 is 0 Å². The number of nitrogens with zero attached hydrogens (tertiary/aromatic N) is 3. The third kappa shape index (κ3) is 7.52. The van der Waals surface area contributed by atoms with Gasteiger partial charge in [-0.25, -0.2) is 0 Å². The maximum atomic E-state index is 6.51.